The van der Waals surface area contributed by atoms with Gasteiger partial charge in [0.05, 0.1) is 0 Å². The highest BCUT2D eigenvalue weighted by molar-refractivity contribution is 5.74. The predicted molar refractivity (Wildman–Crippen MR) is 54.1 cm³/mol. The molecule has 0 radical (unpaired) electrons. The zero-order valence-corrected chi connectivity index (χ0v) is 8.62. The first-order valence-corrected chi connectivity index (χ1v) is 4.57. The van der Waals surface area contributed by atoms with Crippen LogP contribution in [-0.4, -0.2) is 21.7 Å². The molecule has 0 amide bonds. The Kier molecular flexibility index (Phi) is 2.49. The minimum Gasteiger partial charge on any atom is -0.323 e. The first-order valence-electron chi connectivity index (χ1n) is 4.57. The molecule has 2 aromatic heterocycles. The van der Waals surface area contributed by atoms with Gasteiger partial charge in [-0.15, -0.1) is 0 Å². The fourth-order valence-electron chi connectivity index (χ4n) is 1.37. The SMILES string of the molecule is CNn1c(=O)ncc2ccc(C(F)(F)F)nc21. The molecule has 0 aromatic carbocycles. The van der Waals surface area contributed by atoms with E-state index in [-0.39, 0.29) is 5.65 Å². The molecule has 1 N–H and O–H groups in total. The number of rotatable bonds is 1. The van der Waals surface area contributed by atoms with Crippen molar-refractivity contribution in [2.45, 2.75) is 6.18 Å². The molecule has 0 atom stereocenters. The summed E-state index contributed by atoms with van der Waals surface area (Å²) in [4.78, 5) is 18.2. The summed E-state index contributed by atoms with van der Waals surface area (Å²) in [6, 6.07) is 2.06. The number of pyridine rings is 1. The Balaban J connectivity index is 2.79. The van der Waals surface area contributed by atoms with Crippen LogP contribution in [0, 0.1) is 0 Å². The second-order valence-electron chi connectivity index (χ2n) is 3.21. The molecule has 5 nitrogen and oxygen atoms in total. The van der Waals surface area contributed by atoms with E-state index in [0.29, 0.717) is 5.39 Å². The van der Waals surface area contributed by atoms with E-state index >= 15 is 0 Å². The first-order chi connectivity index (χ1) is 7.93. The minimum absolute atomic E-state index is 0.109. The largest absolute Gasteiger partial charge is 0.433 e. The van der Waals surface area contributed by atoms with Gasteiger partial charge < -0.3 is 5.43 Å². The number of nitrogens with one attached hydrogen (secondary N) is 1. The molecule has 8 heteroatoms. The molecule has 0 spiro atoms. The number of nitrogens with zero attached hydrogens (tertiary/aromatic N) is 3. The standard InChI is InChI=1S/C9H7F3N4O/c1-13-16-7-5(4-14-8(16)17)2-3-6(15-7)9(10,11)12/h2-4,13H,1H3. The maximum Gasteiger partial charge on any atom is 0.433 e. The summed E-state index contributed by atoms with van der Waals surface area (Å²) >= 11 is 0. The molecule has 0 fully saturated rings. The predicted octanol–water partition coefficient (Wildman–Crippen LogP) is 0.984. The monoisotopic (exact) mass is 244 g/mol. The van der Waals surface area contributed by atoms with Gasteiger partial charge in [0.2, 0.25) is 0 Å². The quantitative estimate of drug-likeness (QED) is 0.812. The van der Waals surface area contributed by atoms with Crippen molar-refractivity contribution >= 4 is 11.0 Å². The summed E-state index contributed by atoms with van der Waals surface area (Å²) in [5, 5.41) is 0.340. The molecule has 2 heterocycles. The van der Waals surface area contributed by atoms with Crippen LogP contribution < -0.4 is 11.1 Å². The van der Waals surface area contributed by atoms with E-state index in [0.717, 1.165) is 10.7 Å². The van der Waals surface area contributed by atoms with Gasteiger partial charge in [0.1, 0.15) is 5.69 Å². The summed E-state index contributed by atoms with van der Waals surface area (Å²) in [5.41, 5.74) is 0.548. The Morgan fingerprint density at radius 1 is 1.35 bits per heavy atom. The number of aromatic nitrogens is 3. The number of halogens is 3. The highest BCUT2D eigenvalue weighted by Gasteiger charge is 2.32. The number of fused-ring (bicyclic) bond motifs is 1. The fourth-order valence-corrected chi connectivity index (χ4v) is 1.37. The van der Waals surface area contributed by atoms with Gasteiger partial charge in [-0.2, -0.15) is 22.8 Å². The highest BCUT2D eigenvalue weighted by atomic mass is 19.4. The Labute approximate surface area is 92.9 Å². The topological polar surface area (TPSA) is 59.8 Å². The van der Waals surface area contributed by atoms with Gasteiger partial charge in [0.15, 0.2) is 5.65 Å². The molecule has 2 aromatic rings. The van der Waals surface area contributed by atoms with Gasteiger partial charge in [-0.25, -0.2) is 9.78 Å². The van der Waals surface area contributed by atoms with Crippen LogP contribution in [0.5, 0.6) is 0 Å². The van der Waals surface area contributed by atoms with Crippen molar-refractivity contribution in [1.29, 1.82) is 0 Å². The lowest BCUT2D eigenvalue weighted by atomic mass is 10.3. The van der Waals surface area contributed by atoms with Crippen LogP contribution in [0.2, 0.25) is 0 Å². The summed E-state index contributed by atoms with van der Waals surface area (Å²) in [6.07, 6.45) is -3.37. The van der Waals surface area contributed by atoms with E-state index in [1.807, 2.05) is 0 Å². The average Bonchev–Trinajstić information content (AvgIpc) is 2.27. The lowest BCUT2D eigenvalue weighted by Crippen LogP contribution is -2.29. The van der Waals surface area contributed by atoms with Crippen LogP contribution >= 0.6 is 0 Å². The maximum absolute atomic E-state index is 12.5. The lowest BCUT2D eigenvalue weighted by Gasteiger charge is -2.10. The Morgan fingerprint density at radius 3 is 2.65 bits per heavy atom. The fraction of sp³-hybridized carbons (Fsp3) is 0.222. The second kappa shape index (κ2) is 3.72. The molecule has 0 saturated heterocycles. The van der Waals surface area contributed by atoms with Crippen LogP contribution in [0.3, 0.4) is 0 Å². The summed E-state index contributed by atoms with van der Waals surface area (Å²) in [7, 11) is 1.39. The molecule has 0 aliphatic carbocycles. The van der Waals surface area contributed by atoms with E-state index in [1.165, 1.54) is 19.3 Å². The van der Waals surface area contributed by atoms with Crippen LogP contribution in [-0.2, 0) is 6.18 Å². The van der Waals surface area contributed by atoms with Crippen LogP contribution in [0.15, 0.2) is 23.1 Å². The zero-order valence-electron chi connectivity index (χ0n) is 8.62. The Bertz CT molecular complexity index is 620. The molecule has 90 valence electrons. The summed E-state index contributed by atoms with van der Waals surface area (Å²) < 4.78 is 38.2. The van der Waals surface area contributed by atoms with Gasteiger partial charge in [-0.05, 0) is 12.1 Å². The van der Waals surface area contributed by atoms with Gasteiger partial charge >= 0.3 is 11.9 Å². The number of alkyl halides is 3. The Hall–Kier alpha value is -2.12. The molecular formula is C9H7F3N4O. The van der Waals surface area contributed by atoms with Crippen molar-refractivity contribution in [3.8, 4) is 0 Å². The van der Waals surface area contributed by atoms with Crippen molar-refractivity contribution in [3.63, 3.8) is 0 Å². The molecular weight excluding hydrogens is 237 g/mol. The van der Waals surface area contributed by atoms with E-state index < -0.39 is 17.6 Å². The molecule has 2 rings (SSSR count). The molecule has 17 heavy (non-hydrogen) atoms. The smallest absolute Gasteiger partial charge is 0.323 e. The minimum atomic E-state index is -4.55. The van der Waals surface area contributed by atoms with E-state index in [1.54, 1.807) is 0 Å². The van der Waals surface area contributed by atoms with Crippen molar-refractivity contribution in [1.82, 2.24) is 14.6 Å². The average molecular weight is 244 g/mol. The van der Waals surface area contributed by atoms with E-state index in [2.05, 4.69) is 15.4 Å². The zero-order chi connectivity index (χ0) is 12.6. The second-order valence-corrected chi connectivity index (χ2v) is 3.21. The maximum atomic E-state index is 12.5. The third-order valence-electron chi connectivity index (χ3n) is 2.14. The molecule has 0 bridgehead atoms. The van der Waals surface area contributed by atoms with Crippen molar-refractivity contribution < 1.29 is 13.2 Å². The van der Waals surface area contributed by atoms with E-state index in [4.69, 9.17) is 0 Å². The molecule has 0 aliphatic rings. The third-order valence-corrected chi connectivity index (χ3v) is 2.14. The third kappa shape index (κ3) is 1.93. The first kappa shape index (κ1) is 11.4. The number of hydrogen-bond acceptors (Lipinski definition) is 4. The normalized spacial score (nSPS) is 11.8. The van der Waals surface area contributed by atoms with Crippen molar-refractivity contribution in [2.75, 3.05) is 12.5 Å². The molecule has 0 aliphatic heterocycles. The van der Waals surface area contributed by atoms with Crippen molar-refractivity contribution in [2.24, 2.45) is 0 Å². The Morgan fingerprint density at radius 2 is 2.06 bits per heavy atom. The van der Waals surface area contributed by atoms with Gasteiger partial charge in [-0.1, -0.05) is 0 Å². The van der Waals surface area contributed by atoms with Crippen LogP contribution in [0.25, 0.3) is 11.0 Å². The van der Waals surface area contributed by atoms with Gasteiger partial charge in [-0.3, -0.25) is 0 Å². The van der Waals surface area contributed by atoms with Crippen LogP contribution in [0.1, 0.15) is 5.69 Å². The van der Waals surface area contributed by atoms with Gasteiger partial charge in [0.25, 0.3) is 0 Å². The van der Waals surface area contributed by atoms with E-state index in [9.17, 15) is 18.0 Å². The lowest BCUT2D eigenvalue weighted by molar-refractivity contribution is -0.141. The molecule has 0 saturated carbocycles. The number of hydrogen-bond donors (Lipinski definition) is 1. The highest BCUT2D eigenvalue weighted by Crippen LogP contribution is 2.28. The molecule has 0 unspecified atom stereocenters. The summed E-state index contributed by atoms with van der Waals surface area (Å²) in [5.74, 6) is 0. The summed E-state index contributed by atoms with van der Waals surface area (Å²) in [6.45, 7) is 0. The van der Waals surface area contributed by atoms with Crippen LogP contribution in [0.4, 0.5) is 13.2 Å². The van der Waals surface area contributed by atoms with Gasteiger partial charge in [0, 0.05) is 18.6 Å². The van der Waals surface area contributed by atoms with Crippen molar-refractivity contribution in [3.05, 3.63) is 34.5 Å².